The standard InChI is InChI=1S/C15H11ClN2O3/c16-13-6-5-9(7-17-13)14(19)18-8-11(15(20)21)10-3-1-2-4-12(10)18/h1-7,11H,8H2,(H,20,21). The van der Waals surface area contributed by atoms with Crippen molar-refractivity contribution in [1.29, 1.82) is 0 Å². The molecule has 0 fully saturated rings. The monoisotopic (exact) mass is 302 g/mol. The molecule has 2 aromatic rings. The summed E-state index contributed by atoms with van der Waals surface area (Å²) >= 11 is 5.71. The second-order valence-electron chi connectivity index (χ2n) is 4.73. The predicted octanol–water partition coefficient (Wildman–Crippen LogP) is 2.56. The van der Waals surface area contributed by atoms with Crippen molar-refractivity contribution < 1.29 is 14.7 Å². The molecule has 2 heterocycles. The average molecular weight is 303 g/mol. The number of benzene rings is 1. The van der Waals surface area contributed by atoms with Gasteiger partial charge in [0.15, 0.2) is 0 Å². The van der Waals surface area contributed by atoms with Gasteiger partial charge in [-0.05, 0) is 23.8 Å². The smallest absolute Gasteiger partial charge is 0.312 e. The van der Waals surface area contributed by atoms with Crippen LogP contribution in [0.1, 0.15) is 21.8 Å². The zero-order valence-electron chi connectivity index (χ0n) is 10.9. The van der Waals surface area contributed by atoms with Crippen LogP contribution in [-0.4, -0.2) is 28.5 Å². The highest BCUT2D eigenvalue weighted by Gasteiger charge is 2.36. The lowest BCUT2D eigenvalue weighted by molar-refractivity contribution is -0.138. The lowest BCUT2D eigenvalue weighted by Gasteiger charge is -2.17. The van der Waals surface area contributed by atoms with Crippen molar-refractivity contribution in [3.8, 4) is 0 Å². The molecule has 1 aromatic carbocycles. The first kappa shape index (κ1) is 13.6. The number of aliphatic carboxylic acids is 1. The first-order chi connectivity index (χ1) is 10.1. The van der Waals surface area contributed by atoms with Gasteiger partial charge >= 0.3 is 5.97 Å². The van der Waals surface area contributed by atoms with E-state index in [0.29, 0.717) is 22.0 Å². The number of halogens is 1. The molecule has 0 aliphatic carbocycles. The molecule has 1 atom stereocenters. The van der Waals surface area contributed by atoms with E-state index < -0.39 is 11.9 Å². The summed E-state index contributed by atoms with van der Waals surface area (Å²) in [7, 11) is 0. The van der Waals surface area contributed by atoms with Crippen molar-refractivity contribution in [1.82, 2.24) is 4.98 Å². The van der Waals surface area contributed by atoms with E-state index in [1.807, 2.05) is 0 Å². The fourth-order valence-corrected chi connectivity index (χ4v) is 2.58. The number of hydrogen-bond donors (Lipinski definition) is 1. The molecule has 1 aliphatic rings. The number of carboxylic acid groups (broad SMARTS) is 1. The topological polar surface area (TPSA) is 70.5 Å². The number of amides is 1. The third-order valence-electron chi connectivity index (χ3n) is 3.49. The molecule has 106 valence electrons. The third-order valence-corrected chi connectivity index (χ3v) is 3.71. The Bertz CT molecular complexity index is 715. The number of pyridine rings is 1. The average Bonchev–Trinajstić information content (AvgIpc) is 2.87. The van der Waals surface area contributed by atoms with E-state index in [9.17, 15) is 14.7 Å². The van der Waals surface area contributed by atoms with E-state index in [4.69, 9.17) is 11.6 Å². The van der Waals surface area contributed by atoms with Crippen molar-refractivity contribution in [2.45, 2.75) is 5.92 Å². The number of carbonyl (C=O) groups is 2. The van der Waals surface area contributed by atoms with Crippen molar-refractivity contribution in [3.63, 3.8) is 0 Å². The van der Waals surface area contributed by atoms with Crippen LogP contribution in [0.2, 0.25) is 5.15 Å². The number of rotatable bonds is 2. The van der Waals surface area contributed by atoms with E-state index in [0.717, 1.165) is 0 Å². The molecular weight excluding hydrogens is 292 g/mol. The molecule has 0 bridgehead atoms. The summed E-state index contributed by atoms with van der Waals surface area (Å²) in [6, 6.07) is 10.1. The van der Waals surface area contributed by atoms with Crippen molar-refractivity contribution in [2.75, 3.05) is 11.4 Å². The number of anilines is 1. The zero-order chi connectivity index (χ0) is 15.0. The number of carbonyl (C=O) groups excluding carboxylic acids is 1. The summed E-state index contributed by atoms with van der Waals surface area (Å²) in [6.07, 6.45) is 1.39. The lowest BCUT2D eigenvalue weighted by atomic mass is 10.0. The van der Waals surface area contributed by atoms with Crippen LogP contribution in [0, 0.1) is 0 Å². The van der Waals surface area contributed by atoms with Gasteiger partial charge in [-0.1, -0.05) is 29.8 Å². The van der Waals surface area contributed by atoms with Gasteiger partial charge in [-0.2, -0.15) is 0 Å². The van der Waals surface area contributed by atoms with Gasteiger partial charge in [0.05, 0.1) is 5.56 Å². The van der Waals surface area contributed by atoms with Crippen molar-refractivity contribution >= 4 is 29.2 Å². The second-order valence-corrected chi connectivity index (χ2v) is 5.12. The Morgan fingerprint density at radius 2 is 2.00 bits per heavy atom. The van der Waals surface area contributed by atoms with Crippen LogP contribution in [0.4, 0.5) is 5.69 Å². The van der Waals surface area contributed by atoms with E-state index in [1.54, 1.807) is 30.3 Å². The molecule has 0 saturated heterocycles. The minimum absolute atomic E-state index is 0.121. The highest BCUT2D eigenvalue weighted by Crippen LogP contribution is 2.37. The molecule has 1 amide bonds. The highest BCUT2D eigenvalue weighted by atomic mass is 35.5. The van der Waals surface area contributed by atoms with Crippen LogP contribution in [0.15, 0.2) is 42.6 Å². The fraction of sp³-hybridized carbons (Fsp3) is 0.133. The first-order valence-corrected chi connectivity index (χ1v) is 6.71. The van der Waals surface area contributed by atoms with Gasteiger partial charge in [-0.25, -0.2) is 4.98 Å². The quantitative estimate of drug-likeness (QED) is 0.866. The molecule has 5 nitrogen and oxygen atoms in total. The molecule has 21 heavy (non-hydrogen) atoms. The van der Waals surface area contributed by atoms with Gasteiger partial charge in [0.1, 0.15) is 11.1 Å². The van der Waals surface area contributed by atoms with Crippen LogP contribution >= 0.6 is 11.6 Å². The normalized spacial score (nSPS) is 16.6. The molecule has 6 heteroatoms. The Kier molecular flexibility index (Phi) is 3.35. The second kappa shape index (κ2) is 5.18. The van der Waals surface area contributed by atoms with Crippen molar-refractivity contribution in [3.05, 3.63) is 58.9 Å². The Hall–Kier alpha value is -2.40. The summed E-state index contributed by atoms with van der Waals surface area (Å²) in [5, 5.41) is 9.60. The molecule has 0 saturated carbocycles. The summed E-state index contributed by atoms with van der Waals surface area (Å²) in [6.45, 7) is 0.121. The number of carboxylic acids is 1. The molecule has 1 aliphatic heterocycles. The van der Waals surface area contributed by atoms with Crippen LogP contribution in [-0.2, 0) is 4.79 Å². The third kappa shape index (κ3) is 2.36. The Labute approximate surface area is 125 Å². The maximum atomic E-state index is 12.5. The number of hydrogen-bond acceptors (Lipinski definition) is 3. The number of aromatic nitrogens is 1. The van der Waals surface area contributed by atoms with Crippen LogP contribution in [0.5, 0.6) is 0 Å². The summed E-state index contributed by atoms with van der Waals surface area (Å²) in [4.78, 5) is 29.2. The molecule has 1 N–H and O–H groups in total. The predicted molar refractivity (Wildman–Crippen MR) is 77.7 cm³/mol. The van der Waals surface area contributed by atoms with E-state index >= 15 is 0 Å². The molecule has 1 unspecified atom stereocenters. The summed E-state index contributed by atoms with van der Waals surface area (Å²) < 4.78 is 0. The first-order valence-electron chi connectivity index (χ1n) is 6.33. The van der Waals surface area contributed by atoms with Gasteiger partial charge in [-0.15, -0.1) is 0 Å². The molecule has 3 rings (SSSR count). The van der Waals surface area contributed by atoms with Crippen LogP contribution in [0.3, 0.4) is 0 Å². The molecule has 1 aromatic heterocycles. The Morgan fingerprint density at radius 1 is 1.24 bits per heavy atom. The van der Waals surface area contributed by atoms with Gasteiger partial charge in [0.2, 0.25) is 0 Å². The lowest BCUT2D eigenvalue weighted by Crippen LogP contribution is -2.31. The number of para-hydroxylation sites is 1. The van der Waals surface area contributed by atoms with E-state index in [1.165, 1.54) is 17.2 Å². The minimum atomic E-state index is -0.938. The minimum Gasteiger partial charge on any atom is -0.481 e. The number of nitrogens with zero attached hydrogens (tertiary/aromatic N) is 2. The Balaban J connectivity index is 1.98. The van der Waals surface area contributed by atoms with E-state index in [-0.39, 0.29) is 12.5 Å². The summed E-state index contributed by atoms with van der Waals surface area (Å²) in [5.74, 6) is -1.92. The van der Waals surface area contributed by atoms with Gasteiger partial charge in [0.25, 0.3) is 5.91 Å². The Morgan fingerprint density at radius 3 is 2.67 bits per heavy atom. The van der Waals surface area contributed by atoms with Crippen molar-refractivity contribution in [2.24, 2.45) is 0 Å². The zero-order valence-corrected chi connectivity index (χ0v) is 11.6. The molecule has 0 radical (unpaired) electrons. The van der Waals surface area contributed by atoms with Gasteiger partial charge < -0.3 is 10.0 Å². The largest absolute Gasteiger partial charge is 0.481 e. The highest BCUT2D eigenvalue weighted by molar-refractivity contribution is 6.29. The molecule has 0 spiro atoms. The molecular formula is C15H11ClN2O3. The SMILES string of the molecule is O=C(O)C1CN(C(=O)c2ccc(Cl)nc2)c2ccccc21. The van der Waals surface area contributed by atoms with Crippen LogP contribution in [0.25, 0.3) is 0 Å². The van der Waals surface area contributed by atoms with Gasteiger partial charge in [0, 0.05) is 18.4 Å². The maximum Gasteiger partial charge on any atom is 0.312 e. The maximum absolute atomic E-state index is 12.5. The summed E-state index contributed by atoms with van der Waals surface area (Å²) in [5.41, 5.74) is 1.66. The number of fused-ring (bicyclic) bond motifs is 1. The fourth-order valence-electron chi connectivity index (χ4n) is 2.47. The van der Waals surface area contributed by atoms with E-state index in [2.05, 4.69) is 4.98 Å². The van der Waals surface area contributed by atoms with Crippen LogP contribution < -0.4 is 4.90 Å². The van der Waals surface area contributed by atoms with Gasteiger partial charge in [-0.3, -0.25) is 9.59 Å².